The summed E-state index contributed by atoms with van der Waals surface area (Å²) in [7, 11) is 0. The Balaban J connectivity index is 1.86. The number of nitrogens with zero attached hydrogens (tertiary/aromatic N) is 1. The Labute approximate surface area is 120 Å². The van der Waals surface area contributed by atoms with Crippen LogP contribution < -0.4 is 4.90 Å². The normalized spacial score (nSPS) is 20.6. The maximum atomic E-state index is 10.7. The van der Waals surface area contributed by atoms with E-state index in [9.17, 15) is 5.11 Å². The minimum absolute atomic E-state index is 0.175. The van der Waals surface area contributed by atoms with Crippen molar-refractivity contribution < 1.29 is 5.11 Å². The number of piperidine rings is 1. The van der Waals surface area contributed by atoms with E-state index in [1.54, 1.807) is 0 Å². The van der Waals surface area contributed by atoms with Crippen molar-refractivity contribution in [1.82, 2.24) is 0 Å². The fourth-order valence-electron chi connectivity index (χ4n) is 3.10. The predicted molar refractivity (Wildman–Crippen MR) is 82.8 cm³/mol. The molecule has 1 fully saturated rings. The van der Waals surface area contributed by atoms with Crippen molar-refractivity contribution in [3.8, 4) is 0 Å². The number of para-hydroxylation sites is 1. The van der Waals surface area contributed by atoms with Gasteiger partial charge in [-0.05, 0) is 37.0 Å². The number of hydrogen-bond donors (Lipinski definition) is 1. The van der Waals surface area contributed by atoms with E-state index in [1.165, 1.54) is 18.5 Å². The Bertz CT molecular complexity index is 526. The van der Waals surface area contributed by atoms with E-state index in [0.29, 0.717) is 0 Å². The standard InChI is InChI=1S/C18H21NO/c20-18(15-9-3-1-4-10-15)17-13-7-8-14-19(17)16-11-5-2-6-12-16/h1-6,9-12,17-18,20H,7-8,13-14H2. The third kappa shape index (κ3) is 2.70. The summed E-state index contributed by atoms with van der Waals surface area (Å²) >= 11 is 0. The molecule has 20 heavy (non-hydrogen) atoms. The van der Waals surface area contributed by atoms with Crippen LogP contribution in [0.4, 0.5) is 5.69 Å². The van der Waals surface area contributed by atoms with Crippen LogP contribution >= 0.6 is 0 Å². The second kappa shape index (κ2) is 6.10. The molecular weight excluding hydrogens is 246 g/mol. The van der Waals surface area contributed by atoms with E-state index >= 15 is 0 Å². The number of rotatable bonds is 3. The van der Waals surface area contributed by atoms with Gasteiger partial charge in [0.15, 0.2) is 0 Å². The van der Waals surface area contributed by atoms with E-state index in [4.69, 9.17) is 0 Å². The molecule has 1 heterocycles. The maximum absolute atomic E-state index is 10.7. The Morgan fingerprint density at radius 2 is 1.55 bits per heavy atom. The zero-order valence-electron chi connectivity index (χ0n) is 11.7. The molecule has 0 saturated carbocycles. The lowest BCUT2D eigenvalue weighted by atomic mass is 9.92. The van der Waals surface area contributed by atoms with Crippen LogP contribution in [0, 0.1) is 0 Å². The second-order valence-corrected chi connectivity index (χ2v) is 5.45. The first-order chi connectivity index (χ1) is 9.86. The zero-order chi connectivity index (χ0) is 13.8. The van der Waals surface area contributed by atoms with Crippen LogP contribution in [0.15, 0.2) is 60.7 Å². The fourth-order valence-corrected chi connectivity index (χ4v) is 3.10. The molecule has 1 aliphatic rings. The summed E-state index contributed by atoms with van der Waals surface area (Å²) in [6, 6.07) is 20.6. The predicted octanol–water partition coefficient (Wildman–Crippen LogP) is 3.78. The van der Waals surface area contributed by atoms with Gasteiger partial charge < -0.3 is 10.0 Å². The molecule has 0 radical (unpaired) electrons. The van der Waals surface area contributed by atoms with Crippen molar-refractivity contribution in [1.29, 1.82) is 0 Å². The van der Waals surface area contributed by atoms with Crippen molar-refractivity contribution in [2.75, 3.05) is 11.4 Å². The molecule has 1 aliphatic heterocycles. The van der Waals surface area contributed by atoms with Crippen LogP contribution in [0.2, 0.25) is 0 Å². The van der Waals surface area contributed by atoms with Gasteiger partial charge in [-0.3, -0.25) is 0 Å². The fraction of sp³-hybridized carbons (Fsp3) is 0.333. The molecule has 104 valence electrons. The van der Waals surface area contributed by atoms with Gasteiger partial charge in [-0.25, -0.2) is 0 Å². The van der Waals surface area contributed by atoms with Gasteiger partial charge in [0.05, 0.1) is 12.1 Å². The summed E-state index contributed by atoms with van der Waals surface area (Å²) in [6.07, 6.45) is 3.02. The lowest BCUT2D eigenvalue weighted by Gasteiger charge is -2.40. The Morgan fingerprint density at radius 3 is 2.25 bits per heavy atom. The lowest BCUT2D eigenvalue weighted by molar-refractivity contribution is 0.129. The molecule has 0 bridgehead atoms. The molecule has 3 rings (SSSR count). The SMILES string of the molecule is OC(c1ccccc1)C1CCCCN1c1ccccc1. The Morgan fingerprint density at radius 1 is 0.900 bits per heavy atom. The van der Waals surface area contributed by atoms with Crippen molar-refractivity contribution in [3.05, 3.63) is 66.2 Å². The first kappa shape index (κ1) is 13.2. The van der Waals surface area contributed by atoms with Gasteiger partial charge in [0.25, 0.3) is 0 Å². The third-order valence-electron chi connectivity index (χ3n) is 4.14. The van der Waals surface area contributed by atoms with Gasteiger partial charge in [0.1, 0.15) is 0 Å². The number of aliphatic hydroxyl groups excluding tert-OH is 1. The van der Waals surface area contributed by atoms with Crippen molar-refractivity contribution in [2.24, 2.45) is 0 Å². The van der Waals surface area contributed by atoms with Crippen LogP contribution in [0.5, 0.6) is 0 Å². The van der Waals surface area contributed by atoms with E-state index in [2.05, 4.69) is 29.2 Å². The summed E-state index contributed by atoms with van der Waals surface area (Å²) in [4.78, 5) is 2.36. The molecule has 1 N–H and O–H groups in total. The van der Waals surface area contributed by atoms with Gasteiger partial charge in [0, 0.05) is 12.2 Å². The van der Waals surface area contributed by atoms with Gasteiger partial charge in [-0.15, -0.1) is 0 Å². The molecule has 2 unspecified atom stereocenters. The van der Waals surface area contributed by atoms with E-state index in [1.807, 2.05) is 36.4 Å². The number of hydrogen-bond acceptors (Lipinski definition) is 2. The third-order valence-corrected chi connectivity index (χ3v) is 4.14. The second-order valence-electron chi connectivity index (χ2n) is 5.45. The first-order valence-electron chi connectivity index (χ1n) is 7.41. The molecule has 1 saturated heterocycles. The van der Waals surface area contributed by atoms with Gasteiger partial charge in [-0.1, -0.05) is 48.5 Å². The molecule has 2 heteroatoms. The average molecular weight is 267 g/mol. The maximum Gasteiger partial charge on any atom is 0.0993 e. The average Bonchev–Trinajstić information content (AvgIpc) is 2.56. The highest BCUT2D eigenvalue weighted by atomic mass is 16.3. The topological polar surface area (TPSA) is 23.5 Å². The van der Waals surface area contributed by atoms with Gasteiger partial charge in [-0.2, -0.15) is 0 Å². The van der Waals surface area contributed by atoms with Crippen LogP contribution in [0.25, 0.3) is 0 Å². The van der Waals surface area contributed by atoms with Crippen molar-refractivity contribution >= 4 is 5.69 Å². The highest BCUT2D eigenvalue weighted by molar-refractivity contribution is 5.48. The van der Waals surface area contributed by atoms with E-state index in [-0.39, 0.29) is 6.04 Å². The molecule has 2 atom stereocenters. The summed E-state index contributed by atoms with van der Waals surface area (Å²) in [5.74, 6) is 0. The molecule has 2 aromatic rings. The molecule has 2 nitrogen and oxygen atoms in total. The number of anilines is 1. The molecule has 2 aromatic carbocycles. The van der Waals surface area contributed by atoms with Crippen LogP contribution in [0.1, 0.15) is 30.9 Å². The lowest BCUT2D eigenvalue weighted by Crippen LogP contribution is -2.43. The van der Waals surface area contributed by atoms with Crippen LogP contribution in [-0.4, -0.2) is 17.7 Å². The quantitative estimate of drug-likeness (QED) is 0.915. The molecule has 0 aromatic heterocycles. The highest BCUT2D eigenvalue weighted by Crippen LogP contribution is 2.32. The molecular formula is C18H21NO. The minimum Gasteiger partial charge on any atom is -0.386 e. The number of aliphatic hydroxyl groups is 1. The van der Waals surface area contributed by atoms with Crippen LogP contribution in [0.3, 0.4) is 0 Å². The Hall–Kier alpha value is -1.80. The number of benzene rings is 2. The molecule has 0 amide bonds. The highest BCUT2D eigenvalue weighted by Gasteiger charge is 2.29. The summed E-state index contributed by atoms with van der Waals surface area (Å²) < 4.78 is 0. The molecule has 0 aliphatic carbocycles. The first-order valence-corrected chi connectivity index (χ1v) is 7.41. The van der Waals surface area contributed by atoms with E-state index < -0.39 is 6.10 Å². The van der Waals surface area contributed by atoms with Crippen molar-refractivity contribution in [2.45, 2.75) is 31.4 Å². The van der Waals surface area contributed by atoms with Gasteiger partial charge in [0.2, 0.25) is 0 Å². The van der Waals surface area contributed by atoms with Crippen LogP contribution in [-0.2, 0) is 0 Å². The summed E-state index contributed by atoms with van der Waals surface area (Å²) in [5.41, 5.74) is 2.23. The summed E-state index contributed by atoms with van der Waals surface area (Å²) in [5, 5.41) is 10.7. The van der Waals surface area contributed by atoms with E-state index in [0.717, 1.165) is 18.5 Å². The Kier molecular flexibility index (Phi) is 4.03. The largest absolute Gasteiger partial charge is 0.386 e. The minimum atomic E-state index is -0.420. The zero-order valence-corrected chi connectivity index (χ0v) is 11.7. The monoisotopic (exact) mass is 267 g/mol. The smallest absolute Gasteiger partial charge is 0.0993 e. The van der Waals surface area contributed by atoms with Crippen molar-refractivity contribution in [3.63, 3.8) is 0 Å². The summed E-state index contributed by atoms with van der Waals surface area (Å²) in [6.45, 7) is 1.03. The van der Waals surface area contributed by atoms with Gasteiger partial charge >= 0.3 is 0 Å². The molecule has 0 spiro atoms.